The van der Waals surface area contributed by atoms with Crippen LogP contribution >= 0.6 is 0 Å². The number of aliphatic hydroxyl groups excluding tert-OH is 1. The number of aliphatic hydroxyl groups is 1. The fraction of sp³-hybridized carbons (Fsp3) is 0.375. The molecule has 0 aliphatic carbocycles. The van der Waals surface area contributed by atoms with Crippen LogP contribution in [-0.4, -0.2) is 57.0 Å². The molecule has 3 aromatic rings. The zero-order valence-electron chi connectivity index (χ0n) is 17.1. The summed E-state index contributed by atoms with van der Waals surface area (Å²) in [4.78, 5) is 5.04. The van der Waals surface area contributed by atoms with Gasteiger partial charge in [-0.1, -0.05) is 48.0 Å². The van der Waals surface area contributed by atoms with Crippen LogP contribution in [0.2, 0.25) is 0 Å². The first kappa shape index (κ1) is 19.8. The highest BCUT2D eigenvalue weighted by atomic mass is 16.3. The van der Waals surface area contributed by atoms with Gasteiger partial charge in [-0.2, -0.15) is 5.10 Å². The van der Waals surface area contributed by atoms with Gasteiger partial charge in [0.2, 0.25) is 0 Å². The summed E-state index contributed by atoms with van der Waals surface area (Å²) in [6.45, 7) is 7.24. The van der Waals surface area contributed by atoms with Gasteiger partial charge in [-0.05, 0) is 36.6 Å². The lowest BCUT2D eigenvalue weighted by Gasteiger charge is -2.41. The van der Waals surface area contributed by atoms with E-state index in [1.165, 1.54) is 16.7 Å². The smallest absolute Gasteiger partial charge is 0.0690 e. The van der Waals surface area contributed by atoms with Crippen molar-refractivity contribution >= 4 is 0 Å². The van der Waals surface area contributed by atoms with Gasteiger partial charge in [0.1, 0.15) is 0 Å². The maximum Gasteiger partial charge on any atom is 0.0690 e. The van der Waals surface area contributed by atoms with E-state index in [4.69, 9.17) is 0 Å². The molecule has 1 aliphatic rings. The monoisotopic (exact) mass is 390 g/mol. The molecule has 1 aliphatic heterocycles. The van der Waals surface area contributed by atoms with E-state index in [-0.39, 0.29) is 6.61 Å². The number of hydrogen-bond acceptors (Lipinski definition) is 4. The van der Waals surface area contributed by atoms with Crippen LogP contribution in [0.3, 0.4) is 0 Å². The van der Waals surface area contributed by atoms with Gasteiger partial charge in [-0.3, -0.25) is 9.80 Å². The number of hydrogen-bond donors (Lipinski definition) is 1. The van der Waals surface area contributed by atoms with Crippen LogP contribution in [0.4, 0.5) is 0 Å². The summed E-state index contributed by atoms with van der Waals surface area (Å²) < 4.78 is 1.95. The van der Waals surface area contributed by atoms with Crippen molar-refractivity contribution in [2.45, 2.75) is 32.5 Å². The standard InChI is InChI=1S/C24H30N4O/c1-20-8-9-24(28-12-5-11-25-28)22(16-20)18-26-13-14-27(23(19-26)10-15-29)17-21-6-3-2-4-7-21/h2-9,11-12,16,23,29H,10,13-15,17-19H2,1H3/t23-/m1/s1. The van der Waals surface area contributed by atoms with Crippen molar-refractivity contribution in [2.24, 2.45) is 0 Å². The van der Waals surface area contributed by atoms with Crippen molar-refractivity contribution < 1.29 is 5.11 Å². The van der Waals surface area contributed by atoms with Crippen LogP contribution in [0, 0.1) is 6.92 Å². The summed E-state index contributed by atoms with van der Waals surface area (Å²) in [5, 5.41) is 14.1. The fourth-order valence-corrected chi connectivity index (χ4v) is 4.27. The van der Waals surface area contributed by atoms with E-state index in [0.29, 0.717) is 6.04 Å². The second kappa shape index (κ2) is 9.35. The van der Waals surface area contributed by atoms with Crippen molar-refractivity contribution in [2.75, 3.05) is 26.2 Å². The number of piperazine rings is 1. The molecule has 1 fully saturated rings. The summed E-state index contributed by atoms with van der Waals surface area (Å²) in [5.74, 6) is 0. The van der Waals surface area contributed by atoms with Gasteiger partial charge in [0.15, 0.2) is 0 Å². The van der Waals surface area contributed by atoms with Crippen LogP contribution in [0.15, 0.2) is 67.0 Å². The highest BCUT2D eigenvalue weighted by Crippen LogP contribution is 2.22. The zero-order valence-corrected chi connectivity index (χ0v) is 17.1. The number of rotatable bonds is 7. The number of aromatic nitrogens is 2. The minimum atomic E-state index is 0.229. The van der Waals surface area contributed by atoms with Crippen molar-refractivity contribution in [1.82, 2.24) is 19.6 Å². The molecule has 152 valence electrons. The summed E-state index contributed by atoms with van der Waals surface area (Å²) in [6, 6.07) is 19.5. The fourth-order valence-electron chi connectivity index (χ4n) is 4.27. The highest BCUT2D eigenvalue weighted by molar-refractivity contribution is 5.42. The maximum atomic E-state index is 9.63. The quantitative estimate of drug-likeness (QED) is 0.673. The lowest BCUT2D eigenvalue weighted by atomic mass is 10.0. The molecule has 2 aromatic carbocycles. The molecule has 1 saturated heterocycles. The average Bonchev–Trinajstić information content (AvgIpc) is 3.26. The van der Waals surface area contributed by atoms with Crippen LogP contribution in [0.25, 0.3) is 5.69 Å². The molecule has 29 heavy (non-hydrogen) atoms. The molecular weight excluding hydrogens is 360 g/mol. The Labute approximate surface area is 173 Å². The van der Waals surface area contributed by atoms with Gasteiger partial charge in [-0.25, -0.2) is 4.68 Å². The summed E-state index contributed by atoms with van der Waals surface area (Å²) >= 11 is 0. The molecule has 1 atom stereocenters. The van der Waals surface area contributed by atoms with Gasteiger partial charge >= 0.3 is 0 Å². The molecule has 1 N–H and O–H groups in total. The predicted octanol–water partition coefficient (Wildman–Crippen LogP) is 3.25. The Bertz CT molecular complexity index is 895. The van der Waals surface area contributed by atoms with E-state index < -0.39 is 0 Å². The summed E-state index contributed by atoms with van der Waals surface area (Å²) in [7, 11) is 0. The van der Waals surface area contributed by atoms with Gasteiger partial charge < -0.3 is 5.11 Å². The van der Waals surface area contributed by atoms with Crippen molar-refractivity contribution in [3.05, 3.63) is 83.7 Å². The molecular formula is C24H30N4O. The molecule has 5 nitrogen and oxygen atoms in total. The maximum absolute atomic E-state index is 9.63. The molecule has 0 amide bonds. The first-order chi connectivity index (χ1) is 14.2. The number of aryl methyl sites for hydroxylation is 1. The van der Waals surface area contributed by atoms with Gasteiger partial charge in [0.25, 0.3) is 0 Å². The van der Waals surface area contributed by atoms with E-state index in [1.54, 1.807) is 0 Å². The van der Waals surface area contributed by atoms with Crippen LogP contribution in [0.5, 0.6) is 0 Å². The normalized spacial score (nSPS) is 18.2. The minimum absolute atomic E-state index is 0.229. The Morgan fingerprint density at radius 2 is 1.90 bits per heavy atom. The van der Waals surface area contributed by atoms with Crippen LogP contribution in [0.1, 0.15) is 23.1 Å². The van der Waals surface area contributed by atoms with E-state index in [2.05, 4.69) is 70.4 Å². The third-order valence-electron chi connectivity index (χ3n) is 5.76. The van der Waals surface area contributed by atoms with E-state index in [1.807, 2.05) is 23.1 Å². The van der Waals surface area contributed by atoms with Crippen molar-refractivity contribution in [1.29, 1.82) is 0 Å². The Morgan fingerprint density at radius 3 is 2.66 bits per heavy atom. The molecule has 5 heteroatoms. The number of benzene rings is 2. The van der Waals surface area contributed by atoms with Crippen molar-refractivity contribution in [3.63, 3.8) is 0 Å². The third kappa shape index (κ3) is 4.93. The predicted molar refractivity (Wildman–Crippen MR) is 116 cm³/mol. The topological polar surface area (TPSA) is 44.5 Å². The van der Waals surface area contributed by atoms with E-state index in [0.717, 1.165) is 44.8 Å². The Morgan fingerprint density at radius 1 is 1.03 bits per heavy atom. The van der Waals surface area contributed by atoms with Crippen LogP contribution in [-0.2, 0) is 13.1 Å². The van der Waals surface area contributed by atoms with Gasteiger partial charge in [-0.15, -0.1) is 0 Å². The zero-order chi connectivity index (χ0) is 20.1. The lowest BCUT2D eigenvalue weighted by molar-refractivity contribution is 0.0499. The van der Waals surface area contributed by atoms with Crippen LogP contribution < -0.4 is 0 Å². The molecule has 1 aromatic heterocycles. The summed E-state index contributed by atoms with van der Waals surface area (Å²) in [5.41, 5.74) is 5.05. The first-order valence-corrected chi connectivity index (χ1v) is 10.4. The second-order valence-electron chi connectivity index (χ2n) is 7.94. The molecule has 0 bridgehead atoms. The largest absolute Gasteiger partial charge is 0.396 e. The Balaban J connectivity index is 1.48. The molecule has 0 radical (unpaired) electrons. The summed E-state index contributed by atoms with van der Waals surface area (Å²) in [6.07, 6.45) is 4.63. The van der Waals surface area contributed by atoms with E-state index >= 15 is 0 Å². The second-order valence-corrected chi connectivity index (χ2v) is 7.94. The third-order valence-corrected chi connectivity index (χ3v) is 5.76. The molecule has 0 saturated carbocycles. The SMILES string of the molecule is Cc1ccc(-n2cccn2)c(CN2CCN(Cc3ccccc3)[C@H](CCO)C2)c1. The average molecular weight is 391 g/mol. The Hall–Kier alpha value is -2.47. The lowest BCUT2D eigenvalue weighted by Crippen LogP contribution is -2.52. The van der Waals surface area contributed by atoms with E-state index in [9.17, 15) is 5.11 Å². The first-order valence-electron chi connectivity index (χ1n) is 10.4. The molecule has 0 spiro atoms. The van der Waals surface area contributed by atoms with Gasteiger partial charge in [0.05, 0.1) is 5.69 Å². The minimum Gasteiger partial charge on any atom is -0.396 e. The molecule has 4 rings (SSSR count). The Kier molecular flexibility index (Phi) is 6.39. The van der Waals surface area contributed by atoms with Gasteiger partial charge in [0, 0.05) is 57.8 Å². The molecule has 2 heterocycles. The highest BCUT2D eigenvalue weighted by Gasteiger charge is 2.27. The molecule has 0 unspecified atom stereocenters. The number of nitrogens with zero attached hydrogens (tertiary/aromatic N) is 4. The van der Waals surface area contributed by atoms with Crippen molar-refractivity contribution in [3.8, 4) is 5.69 Å².